The van der Waals surface area contributed by atoms with Gasteiger partial charge in [0.05, 0.1) is 0 Å². The summed E-state index contributed by atoms with van der Waals surface area (Å²) in [6.45, 7) is 8.64. The zero-order chi connectivity index (χ0) is 18.4. The van der Waals surface area contributed by atoms with Crippen molar-refractivity contribution in [1.29, 1.82) is 0 Å². The van der Waals surface area contributed by atoms with E-state index in [9.17, 15) is 4.55 Å². The second-order valence-corrected chi connectivity index (χ2v) is 10.3. The Morgan fingerprint density at radius 1 is 1.00 bits per heavy atom. The second-order valence-electron chi connectivity index (χ2n) is 7.42. The summed E-state index contributed by atoms with van der Waals surface area (Å²) in [5.74, 6) is 1.93. The smallest absolute Gasteiger partial charge is 0.0160 e. The molecule has 138 valence electrons. The van der Waals surface area contributed by atoms with E-state index in [0.29, 0.717) is 11.8 Å². The van der Waals surface area contributed by atoms with E-state index in [2.05, 4.69) is 82.5 Å². The average Bonchev–Trinajstić information content (AvgIpc) is 2.71. The van der Waals surface area contributed by atoms with Gasteiger partial charge < -0.3 is 4.55 Å². The van der Waals surface area contributed by atoms with Gasteiger partial charge in [0, 0.05) is 16.6 Å². The molecule has 0 saturated heterocycles. The van der Waals surface area contributed by atoms with Crippen LogP contribution in [0, 0.1) is 12.8 Å². The van der Waals surface area contributed by atoms with Gasteiger partial charge in [-0.2, -0.15) is 0 Å². The van der Waals surface area contributed by atoms with Crippen LogP contribution in [0.2, 0.25) is 0 Å². The summed E-state index contributed by atoms with van der Waals surface area (Å²) in [4.78, 5) is 1.19. The van der Waals surface area contributed by atoms with Crippen molar-refractivity contribution in [1.82, 2.24) is 0 Å². The molecule has 25 heavy (non-hydrogen) atoms. The number of fused-ring (bicyclic) bond motifs is 1. The molecule has 1 nitrogen and oxygen atoms in total. The Hall–Kier alpha value is -1.25. The van der Waals surface area contributed by atoms with E-state index in [-0.39, 0.29) is 0 Å². The minimum atomic E-state index is -1.69. The van der Waals surface area contributed by atoms with E-state index in [1.165, 1.54) is 28.0 Å². The molecule has 1 aliphatic rings. The molecule has 0 radical (unpaired) electrons. The van der Waals surface area contributed by atoms with Gasteiger partial charge in [-0.25, -0.2) is 0 Å². The van der Waals surface area contributed by atoms with Crippen molar-refractivity contribution in [3.8, 4) is 0 Å². The zero-order valence-electron chi connectivity index (χ0n) is 16.5. The number of rotatable bonds is 2. The van der Waals surface area contributed by atoms with Gasteiger partial charge in [0.2, 0.25) is 0 Å². The van der Waals surface area contributed by atoms with Crippen LogP contribution in [0.1, 0.15) is 62.6 Å². The summed E-state index contributed by atoms with van der Waals surface area (Å²) in [7, 11) is -1.69. The van der Waals surface area contributed by atoms with Gasteiger partial charge in [0.25, 0.3) is 0 Å². The highest BCUT2D eigenvalue weighted by Crippen LogP contribution is 2.57. The van der Waals surface area contributed by atoms with Crippen molar-refractivity contribution in [2.24, 2.45) is 5.92 Å². The fourth-order valence-electron chi connectivity index (χ4n) is 3.64. The highest BCUT2D eigenvalue weighted by molar-refractivity contribution is 8.28. The van der Waals surface area contributed by atoms with Gasteiger partial charge in [0.1, 0.15) is 0 Å². The van der Waals surface area contributed by atoms with Gasteiger partial charge in [-0.1, -0.05) is 81.6 Å². The first-order chi connectivity index (χ1) is 11.9. The molecule has 0 aliphatic carbocycles. The fraction of sp³-hybridized carbons (Fsp3) is 0.478. The summed E-state index contributed by atoms with van der Waals surface area (Å²) < 4.78 is 11.1. The van der Waals surface area contributed by atoms with Crippen molar-refractivity contribution in [2.45, 2.75) is 57.8 Å². The molecule has 1 N–H and O–H groups in total. The summed E-state index contributed by atoms with van der Waals surface area (Å²) in [5.41, 5.74) is 4.02. The fourth-order valence-corrected chi connectivity index (χ4v) is 6.20. The third kappa shape index (κ3) is 4.89. The molecule has 0 saturated carbocycles. The van der Waals surface area contributed by atoms with Crippen molar-refractivity contribution in [2.75, 3.05) is 12.0 Å². The topological polar surface area (TPSA) is 20.2 Å². The van der Waals surface area contributed by atoms with Crippen molar-refractivity contribution >= 4 is 10.3 Å². The van der Waals surface area contributed by atoms with Crippen LogP contribution in [0.4, 0.5) is 0 Å². The van der Waals surface area contributed by atoms with Gasteiger partial charge in [-0.15, -0.1) is 10.3 Å². The molecule has 1 aliphatic heterocycles. The summed E-state index contributed by atoms with van der Waals surface area (Å²) in [6, 6.07) is 17.5. The Morgan fingerprint density at radius 2 is 1.60 bits per heavy atom. The van der Waals surface area contributed by atoms with E-state index in [1.54, 1.807) is 0 Å². The van der Waals surface area contributed by atoms with Crippen molar-refractivity contribution in [3.63, 3.8) is 0 Å². The third-order valence-electron chi connectivity index (χ3n) is 4.95. The summed E-state index contributed by atoms with van der Waals surface area (Å²) in [6.07, 6.45) is 5.59. The molecule has 0 spiro atoms. The number of aryl methyl sites for hydroxylation is 1. The Labute approximate surface area is 156 Å². The predicted molar refractivity (Wildman–Crippen MR) is 113 cm³/mol. The molecule has 0 fully saturated rings. The SMILES string of the molecule is CCC.CC[C@@H]1C[C@@H](c2ccc(C)cc2)c2ccccc2S(C)(O)C1. The molecule has 0 amide bonds. The quantitative estimate of drug-likeness (QED) is 0.600. The molecule has 1 unspecified atom stereocenters. The minimum Gasteiger partial charge on any atom is -0.347 e. The molecule has 2 heteroatoms. The Balaban J connectivity index is 0.000000701. The largest absolute Gasteiger partial charge is 0.347 e. The monoisotopic (exact) mass is 358 g/mol. The summed E-state index contributed by atoms with van der Waals surface area (Å²) in [5, 5.41) is 0. The minimum absolute atomic E-state index is 0.406. The van der Waals surface area contributed by atoms with Crippen LogP contribution < -0.4 is 0 Å². The van der Waals surface area contributed by atoms with E-state index in [1.807, 2.05) is 0 Å². The first kappa shape index (κ1) is 20.1. The van der Waals surface area contributed by atoms with Crippen LogP contribution in [-0.4, -0.2) is 16.6 Å². The molecule has 3 atom stereocenters. The van der Waals surface area contributed by atoms with Gasteiger partial charge >= 0.3 is 0 Å². The number of hydrogen-bond donors (Lipinski definition) is 1. The highest BCUT2D eigenvalue weighted by atomic mass is 32.3. The first-order valence-electron chi connectivity index (χ1n) is 9.56. The normalized spacial score (nSPS) is 27.9. The third-order valence-corrected chi connectivity index (χ3v) is 7.39. The molecular formula is C23H34OS. The molecule has 0 aromatic heterocycles. The van der Waals surface area contributed by atoms with Crippen LogP contribution in [0.3, 0.4) is 0 Å². The zero-order valence-corrected chi connectivity index (χ0v) is 17.3. The van der Waals surface area contributed by atoms with Crippen LogP contribution in [0.25, 0.3) is 0 Å². The Morgan fingerprint density at radius 3 is 2.20 bits per heavy atom. The second kappa shape index (κ2) is 8.91. The molecule has 0 bridgehead atoms. The van der Waals surface area contributed by atoms with Crippen LogP contribution in [0.15, 0.2) is 53.4 Å². The van der Waals surface area contributed by atoms with Crippen LogP contribution in [0.5, 0.6) is 0 Å². The van der Waals surface area contributed by atoms with E-state index in [4.69, 9.17) is 0 Å². The maximum Gasteiger partial charge on any atom is 0.0160 e. The van der Waals surface area contributed by atoms with Crippen LogP contribution in [-0.2, 0) is 0 Å². The van der Waals surface area contributed by atoms with Gasteiger partial charge in [0.15, 0.2) is 0 Å². The van der Waals surface area contributed by atoms with Crippen molar-refractivity contribution < 1.29 is 4.55 Å². The molecule has 1 heterocycles. The standard InChI is InChI=1S/C20H26OS.C3H8/c1-4-16-13-19(17-11-9-15(2)10-12-17)18-7-5-6-8-20(18)22(3,21)14-16;1-3-2/h5-12,16,19,21H,4,13-14H2,1-3H3;3H2,1-2H3/t16-,19+;/m1./s1. The van der Waals surface area contributed by atoms with Crippen LogP contribution >= 0.6 is 10.3 Å². The van der Waals surface area contributed by atoms with Gasteiger partial charge in [-0.3, -0.25) is 0 Å². The van der Waals surface area contributed by atoms with E-state index in [0.717, 1.165) is 18.6 Å². The lowest BCUT2D eigenvalue weighted by atomic mass is 9.83. The highest BCUT2D eigenvalue weighted by Gasteiger charge is 2.33. The Kier molecular flexibility index (Phi) is 7.15. The lowest BCUT2D eigenvalue weighted by molar-refractivity contribution is 0.487. The Bertz CT molecular complexity index is 660. The lowest BCUT2D eigenvalue weighted by Gasteiger charge is -2.32. The predicted octanol–water partition coefficient (Wildman–Crippen LogP) is 7.24. The molecule has 2 aromatic rings. The number of hydrogen-bond acceptors (Lipinski definition) is 1. The van der Waals surface area contributed by atoms with E-state index >= 15 is 0 Å². The van der Waals surface area contributed by atoms with Crippen molar-refractivity contribution in [3.05, 3.63) is 65.2 Å². The lowest BCUT2D eigenvalue weighted by Crippen LogP contribution is -2.11. The van der Waals surface area contributed by atoms with E-state index < -0.39 is 10.3 Å². The molecule has 3 rings (SSSR count). The van der Waals surface area contributed by atoms with Gasteiger partial charge in [-0.05, 0) is 42.7 Å². The first-order valence-corrected chi connectivity index (χ1v) is 11.7. The molecular weight excluding hydrogens is 324 g/mol. The summed E-state index contributed by atoms with van der Waals surface area (Å²) >= 11 is 0. The number of benzene rings is 2. The maximum absolute atomic E-state index is 11.1. The molecule has 2 aromatic carbocycles. The average molecular weight is 359 g/mol. The maximum atomic E-state index is 11.1.